The molecule has 0 radical (unpaired) electrons. The topological polar surface area (TPSA) is 71.4 Å². The van der Waals surface area contributed by atoms with Gasteiger partial charge in [0, 0.05) is 5.56 Å². The van der Waals surface area contributed by atoms with Gasteiger partial charge in [-0.1, -0.05) is 11.6 Å². The van der Waals surface area contributed by atoms with Crippen LogP contribution in [0.1, 0.15) is 15.9 Å². The Kier molecular flexibility index (Phi) is 3.22. The molecule has 1 N–H and O–H groups in total. The zero-order valence-electron chi connectivity index (χ0n) is 9.97. The molecule has 1 amide bonds. The SMILES string of the molecule is N#Cc1ccsc1NC(=O)c1cc(Cl)c2c(c1)OCO2. The van der Waals surface area contributed by atoms with Crippen LogP contribution < -0.4 is 14.8 Å². The van der Waals surface area contributed by atoms with Gasteiger partial charge in [-0.3, -0.25) is 4.79 Å². The van der Waals surface area contributed by atoms with Crippen molar-refractivity contribution in [3.8, 4) is 17.6 Å². The Bertz CT molecular complexity index is 736. The average molecular weight is 307 g/mol. The predicted octanol–water partition coefficient (Wildman–Crippen LogP) is 3.25. The van der Waals surface area contributed by atoms with E-state index < -0.39 is 0 Å². The molecule has 0 bridgehead atoms. The highest BCUT2D eigenvalue weighted by Gasteiger charge is 2.21. The van der Waals surface area contributed by atoms with Gasteiger partial charge in [-0.25, -0.2) is 0 Å². The van der Waals surface area contributed by atoms with Crippen LogP contribution in [0.5, 0.6) is 11.5 Å². The van der Waals surface area contributed by atoms with Crippen molar-refractivity contribution in [2.24, 2.45) is 0 Å². The lowest BCUT2D eigenvalue weighted by molar-refractivity contribution is 0.102. The quantitative estimate of drug-likeness (QED) is 0.924. The normalized spacial score (nSPS) is 12.0. The lowest BCUT2D eigenvalue weighted by atomic mass is 10.2. The molecule has 7 heteroatoms. The van der Waals surface area contributed by atoms with Gasteiger partial charge in [-0.2, -0.15) is 5.26 Å². The molecule has 0 spiro atoms. The van der Waals surface area contributed by atoms with Gasteiger partial charge in [-0.15, -0.1) is 11.3 Å². The average Bonchev–Trinajstić information content (AvgIpc) is 3.06. The summed E-state index contributed by atoms with van der Waals surface area (Å²) >= 11 is 7.31. The fourth-order valence-corrected chi connectivity index (χ4v) is 2.77. The number of nitrogens with zero attached hydrogens (tertiary/aromatic N) is 1. The number of nitrogens with one attached hydrogen (secondary N) is 1. The highest BCUT2D eigenvalue weighted by Crippen LogP contribution is 2.40. The van der Waals surface area contributed by atoms with E-state index in [9.17, 15) is 4.79 Å². The smallest absolute Gasteiger partial charge is 0.256 e. The molecule has 0 aliphatic carbocycles. The van der Waals surface area contributed by atoms with E-state index in [0.29, 0.717) is 32.6 Å². The van der Waals surface area contributed by atoms with Crippen LogP contribution in [-0.2, 0) is 0 Å². The van der Waals surface area contributed by atoms with Gasteiger partial charge >= 0.3 is 0 Å². The standard InChI is InChI=1S/C13H7ClN2O3S/c14-9-3-8(4-10-11(9)19-6-18-10)12(17)16-13-7(5-15)1-2-20-13/h1-4H,6H2,(H,16,17). The molecular weight excluding hydrogens is 300 g/mol. The molecule has 0 fully saturated rings. The third kappa shape index (κ3) is 2.18. The van der Waals surface area contributed by atoms with Gasteiger partial charge in [0.15, 0.2) is 11.5 Å². The molecular formula is C13H7ClN2O3S. The van der Waals surface area contributed by atoms with Crippen LogP contribution in [0.4, 0.5) is 5.00 Å². The first kappa shape index (κ1) is 12.8. The Labute approximate surface area is 123 Å². The molecule has 100 valence electrons. The number of carbonyl (C=O) groups is 1. The second kappa shape index (κ2) is 5.04. The van der Waals surface area contributed by atoms with E-state index in [1.807, 2.05) is 6.07 Å². The molecule has 1 aliphatic heterocycles. The van der Waals surface area contributed by atoms with Crippen LogP contribution in [0.2, 0.25) is 5.02 Å². The number of hydrogen-bond donors (Lipinski definition) is 1. The van der Waals surface area contributed by atoms with E-state index in [-0.39, 0.29) is 12.7 Å². The number of fused-ring (bicyclic) bond motifs is 1. The summed E-state index contributed by atoms with van der Waals surface area (Å²) in [5.74, 6) is 0.524. The van der Waals surface area contributed by atoms with Crippen molar-refractivity contribution in [2.75, 3.05) is 12.1 Å². The first-order chi connectivity index (χ1) is 9.69. The number of hydrogen-bond acceptors (Lipinski definition) is 5. The molecule has 2 heterocycles. The largest absolute Gasteiger partial charge is 0.454 e. The number of amides is 1. The van der Waals surface area contributed by atoms with Crippen molar-refractivity contribution >= 4 is 33.8 Å². The summed E-state index contributed by atoms with van der Waals surface area (Å²) in [6.45, 7) is 0.0869. The van der Waals surface area contributed by atoms with Crippen LogP contribution in [0.25, 0.3) is 0 Å². The second-order valence-electron chi connectivity index (χ2n) is 3.92. The molecule has 0 atom stereocenters. The summed E-state index contributed by atoms with van der Waals surface area (Å²) in [5.41, 5.74) is 0.770. The molecule has 0 saturated heterocycles. The summed E-state index contributed by atoms with van der Waals surface area (Å²) in [7, 11) is 0. The number of ether oxygens (including phenoxy) is 2. The predicted molar refractivity (Wildman–Crippen MR) is 74.6 cm³/mol. The fraction of sp³-hybridized carbons (Fsp3) is 0.0769. The van der Waals surface area contributed by atoms with Crippen molar-refractivity contribution in [2.45, 2.75) is 0 Å². The number of anilines is 1. The van der Waals surface area contributed by atoms with Gasteiger partial charge in [0.1, 0.15) is 11.1 Å². The second-order valence-corrected chi connectivity index (χ2v) is 5.24. The van der Waals surface area contributed by atoms with Crippen LogP contribution >= 0.6 is 22.9 Å². The van der Waals surface area contributed by atoms with Gasteiger partial charge in [-0.05, 0) is 23.6 Å². The molecule has 3 rings (SSSR count). The van der Waals surface area contributed by atoms with Crippen molar-refractivity contribution in [1.29, 1.82) is 5.26 Å². The zero-order valence-corrected chi connectivity index (χ0v) is 11.5. The lowest BCUT2D eigenvalue weighted by Gasteiger charge is -2.06. The van der Waals surface area contributed by atoms with Crippen molar-refractivity contribution < 1.29 is 14.3 Å². The summed E-state index contributed by atoms with van der Waals surface area (Å²) in [6, 6.07) is 6.72. The Balaban J connectivity index is 1.89. The fourth-order valence-electron chi connectivity index (χ4n) is 1.77. The van der Waals surface area contributed by atoms with Crippen LogP contribution in [0.15, 0.2) is 23.6 Å². The van der Waals surface area contributed by atoms with Crippen molar-refractivity contribution in [3.63, 3.8) is 0 Å². The monoisotopic (exact) mass is 306 g/mol. The number of benzene rings is 1. The molecule has 2 aromatic rings. The molecule has 0 unspecified atom stereocenters. The van der Waals surface area contributed by atoms with E-state index >= 15 is 0 Å². The third-order valence-corrected chi connectivity index (χ3v) is 3.81. The maximum atomic E-state index is 12.2. The van der Waals surface area contributed by atoms with Crippen LogP contribution in [0.3, 0.4) is 0 Å². The number of nitriles is 1. The third-order valence-electron chi connectivity index (χ3n) is 2.70. The van der Waals surface area contributed by atoms with E-state index in [2.05, 4.69) is 5.32 Å². The van der Waals surface area contributed by atoms with Gasteiger partial charge in [0.2, 0.25) is 6.79 Å². The van der Waals surface area contributed by atoms with E-state index in [4.69, 9.17) is 26.3 Å². The number of carbonyl (C=O) groups excluding carboxylic acids is 1. The minimum absolute atomic E-state index is 0.0869. The molecule has 0 saturated carbocycles. The summed E-state index contributed by atoms with van der Waals surface area (Å²) in [6.07, 6.45) is 0. The molecule has 1 aliphatic rings. The first-order valence-electron chi connectivity index (χ1n) is 5.57. The Hall–Kier alpha value is -2.23. The molecule has 1 aromatic carbocycles. The van der Waals surface area contributed by atoms with Crippen LogP contribution in [-0.4, -0.2) is 12.7 Å². The van der Waals surface area contributed by atoms with E-state index in [1.54, 1.807) is 17.5 Å². The van der Waals surface area contributed by atoms with E-state index in [1.165, 1.54) is 17.4 Å². The molecule has 5 nitrogen and oxygen atoms in total. The van der Waals surface area contributed by atoms with Gasteiger partial charge in [0.25, 0.3) is 5.91 Å². The van der Waals surface area contributed by atoms with Gasteiger partial charge < -0.3 is 14.8 Å². The summed E-state index contributed by atoms with van der Waals surface area (Å²) in [5, 5.41) is 14.1. The number of halogens is 1. The highest BCUT2D eigenvalue weighted by molar-refractivity contribution is 7.14. The Morgan fingerprint density at radius 2 is 2.30 bits per heavy atom. The van der Waals surface area contributed by atoms with E-state index in [0.717, 1.165) is 0 Å². The summed E-state index contributed by atoms with van der Waals surface area (Å²) < 4.78 is 10.4. The Morgan fingerprint density at radius 3 is 3.10 bits per heavy atom. The molecule has 1 aromatic heterocycles. The van der Waals surface area contributed by atoms with Crippen molar-refractivity contribution in [1.82, 2.24) is 0 Å². The minimum Gasteiger partial charge on any atom is -0.454 e. The van der Waals surface area contributed by atoms with Crippen LogP contribution in [0, 0.1) is 11.3 Å². The Morgan fingerprint density at radius 1 is 1.45 bits per heavy atom. The maximum absolute atomic E-state index is 12.2. The lowest BCUT2D eigenvalue weighted by Crippen LogP contribution is -2.11. The number of thiophene rings is 1. The highest BCUT2D eigenvalue weighted by atomic mass is 35.5. The van der Waals surface area contributed by atoms with Gasteiger partial charge in [0.05, 0.1) is 10.6 Å². The first-order valence-corrected chi connectivity index (χ1v) is 6.83. The summed E-state index contributed by atoms with van der Waals surface area (Å²) in [4.78, 5) is 12.2. The minimum atomic E-state index is -0.357. The number of rotatable bonds is 2. The van der Waals surface area contributed by atoms with Crippen molar-refractivity contribution in [3.05, 3.63) is 39.7 Å². The molecule has 20 heavy (non-hydrogen) atoms. The maximum Gasteiger partial charge on any atom is 0.256 e. The zero-order chi connectivity index (χ0) is 14.1.